The number of ether oxygens (including phenoxy) is 2. The van der Waals surface area contributed by atoms with Gasteiger partial charge in [0.05, 0.1) is 31.6 Å². The number of nitro benzene ring substituents is 1. The smallest absolute Gasteiger partial charge is 0.311 e. The Morgan fingerprint density at radius 1 is 1.38 bits per heavy atom. The molecule has 21 heavy (non-hydrogen) atoms. The SMILES string of the molecule is CNC(CC(=O)OC)C(=O)c1ccc(OC)c([N+](=O)[O-])c1. The Labute approximate surface area is 121 Å². The van der Waals surface area contributed by atoms with E-state index in [2.05, 4.69) is 10.1 Å². The van der Waals surface area contributed by atoms with Crippen molar-refractivity contribution in [1.82, 2.24) is 5.32 Å². The second-order valence-corrected chi connectivity index (χ2v) is 4.13. The molecule has 0 aliphatic rings. The third-order valence-electron chi connectivity index (χ3n) is 2.92. The first-order valence-electron chi connectivity index (χ1n) is 6.05. The van der Waals surface area contributed by atoms with Crippen LogP contribution in [0.1, 0.15) is 16.8 Å². The van der Waals surface area contributed by atoms with Crippen LogP contribution in [-0.4, -0.2) is 44.0 Å². The van der Waals surface area contributed by atoms with Gasteiger partial charge in [-0.25, -0.2) is 0 Å². The second-order valence-electron chi connectivity index (χ2n) is 4.13. The highest BCUT2D eigenvalue weighted by atomic mass is 16.6. The number of ketones is 1. The zero-order chi connectivity index (χ0) is 16.0. The van der Waals surface area contributed by atoms with Crippen LogP contribution in [-0.2, 0) is 9.53 Å². The molecule has 0 bridgehead atoms. The molecule has 1 N–H and O–H groups in total. The summed E-state index contributed by atoms with van der Waals surface area (Å²) in [7, 11) is 4.04. The van der Waals surface area contributed by atoms with Gasteiger partial charge in [0, 0.05) is 11.6 Å². The van der Waals surface area contributed by atoms with Gasteiger partial charge in [0.2, 0.25) is 0 Å². The number of carbonyl (C=O) groups excluding carboxylic acids is 2. The molecule has 1 unspecified atom stereocenters. The fraction of sp³-hybridized carbons (Fsp3) is 0.385. The van der Waals surface area contributed by atoms with E-state index in [1.807, 2.05) is 0 Å². The molecule has 0 spiro atoms. The van der Waals surface area contributed by atoms with Gasteiger partial charge in [-0.15, -0.1) is 0 Å². The maximum absolute atomic E-state index is 12.3. The number of methoxy groups -OCH3 is 2. The van der Waals surface area contributed by atoms with Crippen molar-refractivity contribution < 1.29 is 24.0 Å². The molecule has 114 valence electrons. The maximum atomic E-state index is 12.3. The number of nitrogens with one attached hydrogen (secondary N) is 1. The van der Waals surface area contributed by atoms with Crippen molar-refractivity contribution >= 4 is 17.4 Å². The molecule has 0 aromatic heterocycles. The Morgan fingerprint density at radius 2 is 2.05 bits per heavy atom. The molecule has 1 rings (SSSR count). The number of nitrogens with zero attached hydrogens (tertiary/aromatic N) is 1. The van der Waals surface area contributed by atoms with Gasteiger partial charge in [0.15, 0.2) is 11.5 Å². The summed E-state index contributed by atoms with van der Waals surface area (Å²) in [5.74, 6) is -0.926. The molecule has 0 saturated heterocycles. The monoisotopic (exact) mass is 296 g/mol. The normalized spacial score (nSPS) is 11.6. The molecule has 0 aliphatic heterocycles. The van der Waals surface area contributed by atoms with E-state index in [0.717, 1.165) is 6.07 Å². The van der Waals surface area contributed by atoms with Gasteiger partial charge in [0.25, 0.3) is 0 Å². The first-order chi connectivity index (χ1) is 9.94. The van der Waals surface area contributed by atoms with Gasteiger partial charge in [-0.3, -0.25) is 19.7 Å². The van der Waals surface area contributed by atoms with Gasteiger partial charge in [-0.1, -0.05) is 0 Å². The summed E-state index contributed by atoms with van der Waals surface area (Å²) >= 11 is 0. The van der Waals surface area contributed by atoms with E-state index >= 15 is 0 Å². The van der Waals surface area contributed by atoms with Gasteiger partial charge in [0.1, 0.15) is 0 Å². The third kappa shape index (κ3) is 3.99. The van der Waals surface area contributed by atoms with Crippen LogP contribution in [0, 0.1) is 10.1 Å². The highest BCUT2D eigenvalue weighted by Gasteiger charge is 2.25. The molecule has 1 aromatic carbocycles. The molecule has 0 fully saturated rings. The summed E-state index contributed by atoms with van der Waals surface area (Å²) in [6.45, 7) is 0. The van der Waals surface area contributed by atoms with E-state index < -0.39 is 22.7 Å². The average molecular weight is 296 g/mol. The van der Waals surface area contributed by atoms with Crippen LogP contribution in [0.5, 0.6) is 5.75 Å². The lowest BCUT2D eigenvalue weighted by Crippen LogP contribution is -2.36. The minimum atomic E-state index is -0.814. The van der Waals surface area contributed by atoms with Crippen molar-refractivity contribution in [2.24, 2.45) is 0 Å². The molecule has 0 aliphatic carbocycles. The van der Waals surface area contributed by atoms with Crippen LogP contribution in [0.3, 0.4) is 0 Å². The van der Waals surface area contributed by atoms with Crippen LogP contribution >= 0.6 is 0 Å². The van der Waals surface area contributed by atoms with Crippen molar-refractivity contribution in [3.8, 4) is 5.75 Å². The fourth-order valence-corrected chi connectivity index (χ4v) is 1.76. The maximum Gasteiger partial charge on any atom is 0.311 e. The van der Waals surface area contributed by atoms with Crippen LogP contribution in [0.2, 0.25) is 0 Å². The number of hydrogen-bond acceptors (Lipinski definition) is 7. The van der Waals surface area contributed by atoms with Crippen molar-refractivity contribution in [2.75, 3.05) is 21.3 Å². The van der Waals surface area contributed by atoms with E-state index in [4.69, 9.17) is 4.74 Å². The number of esters is 1. The van der Waals surface area contributed by atoms with E-state index in [-0.39, 0.29) is 23.4 Å². The predicted octanol–water partition coefficient (Wildman–Crippen LogP) is 0.937. The minimum Gasteiger partial charge on any atom is -0.490 e. The molecule has 1 atom stereocenters. The Hall–Kier alpha value is -2.48. The zero-order valence-electron chi connectivity index (χ0n) is 11.9. The standard InChI is InChI=1S/C13H16N2O6/c1-14-9(7-12(16)21-3)13(17)8-4-5-11(20-2)10(6-8)15(18)19/h4-6,9,14H,7H2,1-3H3. The molecule has 8 heteroatoms. The minimum absolute atomic E-state index is 0.0607. The molecule has 0 amide bonds. The Bertz CT molecular complexity index is 558. The molecular weight excluding hydrogens is 280 g/mol. The largest absolute Gasteiger partial charge is 0.490 e. The number of Topliss-reactive ketones (excluding diaryl/α,β-unsaturated/α-hetero) is 1. The molecular formula is C13H16N2O6. The predicted molar refractivity (Wildman–Crippen MR) is 73.5 cm³/mol. The molecule has 0 saturated carbocycles. The molecule has 8 nitrogen and oxygen atoms in total. The second kappa shape index (κ2) is 7.34. The summed E-state index contributed by atoms with van der Waals surface area (Å²) in [5, 5.41) is 13.6. The lowest BCUT2D eigenvalue weighted by molar-refractivity contribution is -0.385. The lowest BCUT2D eigenvalue weighted by Gasteiger charge is -2.14. The van der Waals surface area contributed by atoms with E-state index in [0.29, 0.717) is 0 Å². The number of nitro groups is 1. The van der Waals surface area contributed by atoms with Crippen LogP contribution in [0.15, 0.2) is 18.2 Å². The van der Waals surface area contributed by atoms with Gasteiger partial charge in [-0.05, 0) is 19.2 Å². The van der Waals surface area contributed by atoms with Crippen molar-refractivity contribution in [3.63, 3.8) is 0 Å². The average Bonchev–Trinajstić information content (AvgIpc) is 2.50. The summed E-state index contributed by atoms with van der Waals surface area (Å²) in [5.41, 5.74) is -0.193. The Kier molecular flexibility index (Phi) is 5.79. The lowest BCUT2D eigenvalue weighted by atomic mass is 10.0. The van der Waals surface area contributed by atoms with Gasteiger partial charge >= 0.3 is 11.7 Å². The first-order valence-corrected chi connectivity index (χ1v) is 6.05. The number of hydrogen-bond donors (Lipinski definition) is 1. The highest BCUT2D eigenvalue weighted by Crippen LogP contribution is 2.28. The fourth-order valence-electron chi connectivity index (χ4n) is 1.76. The van der Waals surface area contributed by atoms with Crippen LogP contribution in [0.4, 0.5) is 5.69 Å². The van der Waals surface area contributed by atoms with Crippen LogP contribution in [0.25, 0.3) is 0 Å². The zero-order valence-corrected chi connectivity index (χ0v) is 11.9. The first kappa shape index (κ1) is 16.6. The molecule has 0 heterocycles. The quantitative estimate of drug-likeness (QED) is 0.345. The Balaban J connectivity index is 3.08. The summed E-state index contributed by atoms with van der Waals surface area (Å²) in [6, 6.07) is 3.07. The van der Waals surface area contributed by atoms with Crippen molar-refractivity contribution in [3.05, 3.63) is 33.9 Å². The van der Waals surface area contributed by atoms with E-state index in [9.17, 15) is 19.7 Å². The van der Waals surface area contributed by atoms with Crippen LogP contribution < -0.4 is 10.1 Å². The van der Waals surface area contributed by atoms with Gasteiger partial charge in [-0.2, -0.15) is 0 Å². The summed E-state index contributed by atoms with van der Waals surface area (Å²) in [6.07, 6.45) is -0.161. The van der Waals surface area contributed by atoms with Crippen molar-refractivity contribution in [1.29, 1.82) is 0 Å². The summed E-state index contributed by atoms with van der Waals surface area (Å²) < 4.78 is 9.38. The van der Waals surface area contributed by atoms with Gasteiger partial charge < -0.3 is 14.8 Å². The van der Waals surface area contributed by atoms with Crippen molar-refractivity contribution in [2.45, 2.75) is 12.5 Å². The number of benzene rings is 1. The molecule has 1 aromatic rings. The Morgan fingerprint density at radius 3 is 2.52 bits per heavy atom. The molecule has 0 radical (unpaired) electrons. The number of carbonyl (C=O) groups is 2. The van der Waals surface area contributed by atoms with E-state index in [1.165, 1.54) is 33.4 Å². The summed E-state index contributed by atoms with van der Waals surface area (Å²) in [4.78, 5) is 33.8. The highest BCUT2D eigenvalue weighted by molar-refractivity contribution is 6.02. The number of likely N-dealkylation sites (N-methyl/N-ethyl adjacent to an activating group) is 1. The number of rotatable bonds is 7. The van der Waals surface area contributed by atoms with E-state index in [1.54, 1.807) is 0 Å². The topological polar surface area (TPSA) is 108 Å². The third-order valence-corrected chi connectivity index (χ3v) is 2.92.